The third-order valence-electron chi connectivity index (χ3n) is 2.58. The third kappa shape index (κ3) is 4.12. The van der Waals surface area contributed by atoms with Gasteiger partial charge in [-0.1, -0.05) is 0 Å². The number of carbonyl (C=O) groups is 2. The first-order chi connectivity index (χ1) is 10.1. The van der Waals surface area contributed by atoms with E-state index in [2.05, 4.69) is 15.2 Å². The van der Waals surface area contributed by atoms with Crippen molar-refractivity contribution in [1.82, 2.24) is 9.78 Å². The number of furan rings is 1. The Balaban J connectivity index is 1.97. The van der Waals surface area contributed by atoms with E-state index in [0.29, 0.717) is 11.4 Å². The van der Waals surface area contributed by atoms with Crippen molar-refractivity contribution in [3.05, 3.63) is 36.0 Å². The summed E-state index contributed by atoms with van der Waals surface area (Å²) < 4.78 is 11.3. The predicted molar refractivity (Wildman–Crippen MR) is 78.1 cm³/mol. The second-order valence-electron chi connectivity index (χ2n) is 4.16. The maximum atomic E-state index is 12.0. The van der Waals surface area contributed by atoms with Gasteiger partial charge in [-0.05, 0) is 18.4 Å². The summed E-state index contributed by atoms with van der Waals surface area (Å²) in [5.74, 6) is 0.919. The minimum atomic E-state index is -0.413. The molecule has 112 valence electrons. The number of anilines is 1. The summed E-state index contributed by atoms with van der Waals surface area (Å²) in [5, 5.41) is 6.60. The van der Waals surface area contributed by atoms with Crippen LogP contribution in [-0.2, 0) is 21.8 Å². The fraction of sp³-hybridized carbons (Fsp3) is 0.308. The maximum Gasteiger partial charge on any atom is 0.327 e. The molecule has 0 bridgehead atoms. The van der Waals surface area contributed by atoms with Crippen LogP contribution in [0.25, 0.3) is 0 Å². The van der Waals surface area contributed by atoms with Gasteiger partial charge in [-0.15, -0.1) is 0 Å². The van der Waals surface area contributed by atoms with Gasteiger partial charge in [0.25, 0.3) is 5.91 Å². The van der Waals surface area contributed by atoms with E-state index in [1.807, 2.05) is 6.26 Å². The summed E-state index contributed by atoms with van der Waals surface area (Å²) in [6.45, 7) is -0.00893. The van der Waals surface area contributed by atoms with E-state index in [0.717, 1.165) is 5.76 Å². The fourth-order valence-electron chi connectivity index (χ4n) is 1.62. The van der Waals surface area contributed by atoms with Gasteiger partial charge in [-0.25, -0.2) is 0 Å². The van der Waals surface area contributed by atoms with Gasteiger partial charge in [0, 0.05) is 6.20 Å². The largest absolute Gasteiger partial charge is 0.468 e. The molecule has 0 unspecified atom stereocenters. The number of ether oxygens (including phenoxy) is 1. The van der Waals surface area contributed by atoms with Gasteiger partial charge in [0.15, 0.2) is 5.76 Å². The Labute approximate surface area is 125 Å². The van der Waals surface area contributed by atoms with Crippen LogP contribution in [0.2, 0.25) is 0 Å². The van der Waals surface area contributed by atoms with E-state index in [9.17, 15) is 9.59 Å². The molecule has 1 amide bonds. The lowest BCUT2D eigenvalue weighted by molar-refractivity contribution is -0.141. The smallest absolute Gasteiger partial charge is 0.327 e. The summed E-state index contributed by atoms with van der Waals surface area (Å²) in [5.41, 5.74) is 0.478. The molecule has 0 saturated heterocycles. The Hall–Kier alpha value is -2.22. The first-order valence-electron chi connectivity index (χ1n) is 6.10. The molecule has 1 N–H and O–H groups in total. The lowest BCUT2D eigenvalue weighted by atomic mass is 10.4. The van der Waals surface area contributed by atoms with E-state index >= 15 is 0 Å². The minimum absolute atomic E-state index is 0.00893. The minimum Gasteiger partial charge on any atom is -0.468 e. The Morgan fingerprint density at radius 1 is 1.48 bits per heavy atom. The van der Waals surface area contributed by atoms with Gasteiger partial charge in [-0.2, -0.15) is 16.9 Å². The van der Waals surface area contributed by atoms with Crippen LogP contribution in [0.5, 0.6) is 0 Å². The molecule has 0 aliphatic carbocycles. The van der Waals surface area contributed by atoms with Crippen molar-refractivity contribution in [3.8, 4) is 0 Å². The molecule has 0 aliphatic heterocycles. The molecule has 0 aliphatic rings. The van der Waals surface area contributed by atoms with E-state index in [-0.39, 0.29) is 18.2 Å². The molecule has 7 nitrogen and oxygen atoms in total. The topological polar surface area (TPSA) is 86.4 Å². The SMILES string of the molecule is COC(=O)Cn1cc(NC(=O)c2ccc(CSC)o2)cn1. The van der Waals surface area contributed by atoms with Crippen LogP contribution in [0.4, 0.5) is 5.69 Å². The van der Waals surface area contributed by atoms with E-state index in [4.69, 9.17) is 4.42 Å². The zero-order chi connectivity index (χ0) is 15.2. The number of nitrogens with one attached hydrogen (secondary N) is 1. The van der Waals surface area contributed by atoms with Gasteiger partial charge in [-0.3, -0.25) is 14.3 Å². The number of carbonyl (C=O) groups excluding carboxylic acids is 2. The number of thioether (sulfide) groups is 1. The molecule has 0 aromatic carbocycles. The average Bonchev–Trinajstić information content (AvgIpc) is 3.09. The van der Waals surface area contributed by atoms with Gasteiger partial charge < -0.3 is 14.5 Å². The molecule has 0 radical (unpaired) electrons. The van der Waals surface area contributed by atoms with Gasteiger partial charge in [0.1, 0.15) is 12.3 Å². The molecule has 0 spiro atoms. The highest BCUT2D eigenvalue weighted by Crippen LogP contribution is 2.15. The Kier molecular flexibility index (Phi) is 5.04. The van der Waals surface area contributed by atoms with Crippen LogP contribution in [0, 0.1) is 0 Å². The third-order valence-corrected chi connectivity index (χ3v) is 3.16. The van der Waals surface area contributed by atoms with Crippen LogP contribution < -0.4 is 5.32 Å². The van der Waals surface area contributed by atoms with Crippen molar-refractivity contribution in [2.45, 2.75) is 12.3 Å². The van der Waals surface area contributed by atoms with E-state index in [1.54, 1.807) is 30.1 Å². The normalized spacial score (nSPS) is 10.4. The summed E-state index contributed by atoms with van der Waals surface area (Å²) in [6, 6.07) is 3.39. The lowest BCUT2D eigenvalue weighted by Crippen LogP contribution is -2.12. The molecule has 2 aromatic rings. The Bertz CT molecular complexity index is 635. The van der Waals surface area contributed by atoms with Crippen LogP contribution in [-0.4, -0.2) is 35.0 Å². The molecule has 0 atom stereocenters. The lowest BCUT2D eigenvalue weighted by Gasteiger charge is -2.00. The number of amides is 1. The second kappa shape index (κ2) is 6.98. The van der Waals surface area contributed by atoms with Crippen molar-refractivity contribution >= 4 is 29.3 Å². The molecule has 0 fully saturated rings. The number of nitrogens with zero attached hydrogens (tertiary/aromatic N) is 2. The van der Waals surface area contributed by atoms with Gasteiger partial charge in [0.05, 0.1) is 24.7 Å². The standard InChI is InChI=1S/C13H15N3O4S/c1-19-12(17)7-16-6-9(5-14-16)15-13(18)11-4-3-10(20-11)8-21-2/h3-6H,7-8H2,1-2H3,(H,15,18). The van der Waals surface area contributed by atoms with E-state index < -0.39 is 5.97 Å². The zero-order valence-corrected chi connectivity index (χ0v) is 12.5. The molecule has 8 heteroatoms. The number of hydrogen-bond acceptors (Lipinski definition) is 6. The van der Waals surface area contributed by atoms with E-state index in [1.165, 1.54) is 18.0 Å². The molecular formula is C13H15N3O4S. The number of esters is 1. The Morgan fingerprint density at radius 2 is 2.29 bits per heavy atom. The van der Waals surface area contributed by atoms with Crippen LogP contribution >= 0.6 is 11.8 Å². The average molecular weight is 309 g/mol. The highest BCUT2D eigenvalue weighted by atomic mass is 32.2. The quantitative estimate of drug-likeness (QED) is 0.818. The van der Waals surface area contributed by atoms with Crippen molar-refractivity contribution < 1.29 is 18.7 Å². The number of rotatable bonds is 6. The highest BCUT2D eigenvalue weighted by Gasteiger charge is 2.13. The first-order valence-corrected chi connectivity index (χ1v) is 7.50. The molecule has 0 saturated carbocycles. The van der Waals surface area contributed by atoms with Crippen molar-refractivity contribution in [3.63, 3.8) is 0 Å². The second-order valence-corrected chi connectivity index (χ2v) is 5.02. The molecule has 2 aromatic heterocycles. The predicted octanol–water partition coefficient (Wildman–Crippen LogP) is 1.76. The molecule has 2 rings (SSSR count). The van der Waals surface area contributed by atoms with Crippen LogP contribution in [0.15, 0.2) is 28.9 Å². The van der Waals surface area contributed by atoms with Crippen molar-refractivity contribution in [2.75, 3.05) is 18.7 Å². The molecular weight excluding hydrogens is 294 g/mol. The van der Waals surface area contributed by atoms with Crippen LogP contribution in [0.3, 0.4) is 0 Å². The van der Waals surface area contributed by atoms with Gasteiger partial charge >= 0.3 is 5.97 Å². The van der Waals surface area contributed by atoms with Crippen LogP contribution in [0.1, 0.15) is 16.3 Å². The molecule has 2 heterocycles. The summed E-state index contributed by atoms with van der Waals surface area (Å²) >= 11 is 1.61. The number of methoxy groups -OCH3 is 1. The Morgan fingerprint density at radius 3 is 3.00 bits per heavy atom. The fourth-order valence-corrected chi connectivity index (χ4v) is 2.06. The summed E-state index contributed by atoms with van der Waals surface area (Å²) in [6.07, 6.45) is 4.95. The highest BCUT2D eigenvalue weighted by molar-refractivity contribution is 7.97. The first kappa shape index (κ1) is 15.2. The number of aromatic nitrogens is 2. The van der Waals surface area contributed by atoms with Gasteiger partial charge in [0.2, 0.25) is 0 Å². The summed E-state index contributed by atoms with van der Waals surface area (Å²) in [7, 11) is 1.30. The monoisotopic (exact) mass is 309 g/mol. The zero-order valence-electron chi connectivity index (χ0n) is 11.7. The summed E-state index contributed by atoms with van der Waals surface area (Å²) in [4.78, 5) is 23.1. The van der Waals surface area contributed by atoms with Crippen molar-refractivity contribution in [2.24, 2.45) is 0 Å². The number of hydrogen-bond donors (Lipinski definition) is 1. The maximum absolute atomic E-state index is 12.0. The van der Waals surface area contributed by atoms with Crippen molar-refractivity contribution in [1.29, 1.82) is 0 Å². The molecule has 21 heavy (non-hydrogen) atoms.